The molecule has 2 aromatic rings. The van der Waals surface area contributed by atoms with Crippen molar-refractivity contribution in [3.8, 4) is 0 Å². The van der Waals surface area contributed by atoms with E-state index in [4.69, 9.17) is 0 Å². The number of halogens is 2. The lowest BCUT2D eigenvalue weighted by molar-refractivity contribution is 0.0845. The number of hydrogen-bond donors (Lipinski definition) is 1. The van der Waals surface area contributed by atoms with E-state index in [2.05, 4.69) is 26.2 Å². The lowest BCUT2D eigenvalue weighted by atomic mass is 9.89. The van der Waals surface area contributed by atoms with Crippen LogP contribution in [-0.4, -0.2) is 15.5 Å². The van der Waals surface area contributed by atoms with Gasteiger partial charge in [-0.2, -0.15) is 0 Å². The Kier molecular flexibility index (Phi) is 2.70. The monoisotopic (exact) mass is 323 g/mol. The molecule has 0 spiro atoms. The van der Waals surface area contributed by atoms with Crippen molar-refractivity contribution in [1.82, 2.24) is 14.9 Å². The van der Waals surface area contributed by atoms with Gasteiger partial charge < -0.3 is 9.88 Å². The Balaban J connectivity index is 2.10. The fourth-order valence-electron chi connectivity index (χ4n) is 2.40. The highest BCUT2D eigenvalue weighted by Gasteiger charge is 2.37. The fraction of sp³-hybridized carbons (Fsp3) is 0.231. The summed E-state index contributed by atoms with van der Waals surface area (Å²) in [5.41, 5.74) is 0.154. The zero-order valence-corrected chi connectivity index (χ0v) is 11.7. The van der Waals surface area contributed by atoms with Gasteiger partial charge in [0, 0.05) is 10.0 Å². The maximum Gasteiger partial charge on any atom is 0.270 e. The zero-order chi connectivity index (χ0) is 13.6. The summed E-state index contributed by atoms with van der Waals surface area (Å²) >= 11 is 3.33. The molecule has 0 bridgehead atoms. The molecule has 98 valence electrons. The highest BCUT2D eigenvalue weighted by molar-refractivity contribution is 9.10. The Hall–Kier alpha value is -1.69. The van der Waals surface area contributed by atoms with Crippen molar-refractivity contribution in [1.29, 1.82) is 0 Å². The first-order valence-electron chi connectivity index (χ1n) is 5.78. The van der Waals surface area contributed by atoms with E-state index >= 15 is 0 Å². The summed E-state index contributed by atoms with van der Waals surface area (Å²) in [4.78, 5) is 16.0. The highest BCUT2D eigenvalue weighted by atomic mass is 79.9. The molecular weight excluding hydrogens is 313 g/mol. The normalized spacial score (nSPS) is 21.9. The largest absolute Gasteiger partial charge is 0.340 e. The number of benzene rings is 1. The maximum absolute atomic E-state index is 14.0. The highest BCUT2D eigenvalue weighted by Crippen LogP contribution is 2.31. The number of carbonyl (C=O) groups is 1. The standard InChI is InChI=1S/C13H11BrFN3O/c1-13(9-4-8(14)2-3-10(9)15)6-18-7-16-5-11(18)12(19)17-13/h2-5,7H,6H2,1H3,(H,17,19). The van der Waals surface area contributed by atoms with Crippen LogP contribution in [0, 0.1) is 5.82 Å². The second-order valence-electron chi connectivity index (χ2n) is 4.82. The van der Waals surface area contributed by atoms with Gasteiger partial charge in [-0.05, 0) is 25.1 Å². The Morgan fingerprint density at radius 1 is 1.53 bits per heavy atom. The molecule has 0 saturated carbocycles. The molecule has 0 radical (unpaired) electrons. The summed E-state index contributed by atoms with van der Waals surface area (Å²) in [6.45, 7) is 2.25. The van der Waals surface area contributed by atoms with Gasteiger partial charge in [0.25, 0.3) is 5.91 Å². The molecule has 3 rings (SSSR count). The van der Waals surface area contributed by atoms with Gasteiger partial charge >= 0.3 is 0 Å². The molecule has 0 fully saturated rings. The Labute approximate surface area is 117 Å². The van der Waals surface area contributed by atoms with Crippen LogP contribution in [0.5, 0.6) is 0 Å². The number of nitrogens with zero attached hydrogens (tertiary/aromatic N) is 2. The first kappa shape index (κ1) is 12.3. The lowest BCUT2D eigenvalue weighted by Crippen LogP contribution is -2.51. The van der Waals surface area contributed by atoms with Crippen LogP contribution in [0.3, 0.4) is 0 Å². The van der Waals surface area contributed by atoms with Crippen LogP contribution < -0.4 is 5.32 Å². The molecule has 4 nitrogen and oxygen atoms in total. The van der Waals surface area contributed by atoms with Crippen LogP contribution in [-0.2, 0) is 12.1 Å². The van der Waals surface area contributed by atoms with Gasteiger partial charge in [0.15, 0.2) is 0 Å². The van der Waals surface area contributed by atoms with Crippen LogP contribution in [0.4, 0.5) is 4.39 Å². The second kappa shape index (κ2) is 4.16. The fourth-order valence-corrected chi connectivity index (χ4v) is 2.76. The Morgan fingerprint density at radius 2 is 2.32 bits per heavy atom. The molecule has 1 N–H and O–H groups in total. The second-order valence-corrected chi connectivity index (χ2v) is 5.73. The summed E-state index contributed by atoms with van der Waals surface area (Å²) in [6.07, 6.45) is 3.09. The number of hydrogen-bond acceptors (Lipinski definition) is 2. The van der Waals surface area contributed by atoms with Crippen molar-refractivity contribution in [2.75, 3.05) is 0 Å². The molecule has 1 aromatic heterocycles. The van der Waals surface area contributed by atoms with Crippen molar-refractivity contribution in [3.63, 3.8) is 0 Å². The van der Waals surface area contributed by atoms with E-state index in [1.165, 1.54) is 12.3 Å². The van der Waals surface area contributed by atoms with Crippen LogP contribution >= 0.6 is 15.9 Å². The first-order chi connectivity index (χ1) is 8.99. The van der Waals surface area contributed by atoms with Gasteiger partial charge in [0.2, 0.25) is 0 Å². The molecule has 2 heterocycles. The molecule has 1 unspecified atom stereocenters. The van der Waals surface area contributed by atoms with E-state index in [1.54, 1.807) is 30.0 Å². The Bertz CT molecular complexity index is 670. The third kappa shape index (κ3) is 1.96. The molecule has 1 aliphatic heterocycles. The van der Waals surface area contributed by atoms with Crippen molar-refractivity contribution in [2.45, 2.75) is 19.0 Å². The third-order valence-electron chi connectivity index (χ3n) is 3.34. The van der Waals surface area contributed by atoms with E-state index in [-0.39, 0.29) is 11.7 Å². The molecule has 1 aromatic carbocycles. The summed E-state index contributed by atoms with van der Waals surface area (Å²) in [5, 5.41) is 2.86. The van der Waals surface area contributed by atoms with Gasteiger partial charge in [0.1, 0.15) is 11.5 Å². The minimum atomic E-state index is -0.793. The van der Waals surface area contributed by atoms with Gasteiger partial charge in [0.05, 0.1) is 24.6 Å². The molecule has 0 aliphatic carbocycles. The topological polar surface area (TPSA) is 46.9 Å². The lowest BCUT2D eigenvalue weighted by Gasteiger charge is -2.36. The number of aromatic nitrogens is 2. The van der Waals surface area contributed by atoms with E-state index in [0.717, 1.165) is 4.47 Å². The average Bonchev–Trinajstić information content (AvgIpc) is 2.80. The number of imidazole rings is 1. The molecular formula is C13H11BrFN3O. The minimum Gasteiger partial charge on any atom is -0.340 e. The number of amides is 1. The van der Waals surface area contributed by atoms with Crippen LogP contribution in [0.25, 0.3) is 0 Å². The van der Waals surface area contributed by atoms with Crippen LogP contribution in [0.2, 0.25) is 0 Å². The number of carbonyl (C=O) groups excluding carboxylic acids is 1. The number of nitrogens with one attached hydrogen (secondary N) is 1. The maximum atomic E-state index is 14.0. The third-order valence-corrected chi connectivity index (χ3v) is 3.84. The van der Waals surface area contributed by atoms with Crippen LogP contribution in [0.15, 0.2) is 35.2 Å². The summed E-state index contributed by atoms with van der Waals surface area (Å²) in [5.74, 6) is -0.583. The quantitative estimate of drug-likeness (QED) is 0.876. The molecule has 6 heteroatoms. The van der Waals surface area contributed by atoms with Gasteiger partial charge in [-0.1, -0.05) is 15.9 Å². The van der Waals surface area contributed by atoms with Gasteiger partial charge in [-0.25, -0.2) is 9.37 Å². The van der Waals surface area contributed by atoms with E-state index < -0.39 is 5.54 Å². The predicted octanol–water partition coefficient (Wildman–Crippen LogP) is 2.44. The van der Waals surface area contributed by atoms with Gasteiger partial charge in [-0.15, -0.1) is 0 Å². The van der Waals surface area contributed by atoms with E-state index in [1.807, 2.05) is 0 Å². The first-order valence-corrected chi connectivity index (χ1v) is 6.57. The molecule has 19 heavy (non-hydrogen) atoms. The van der Waals surface area contributed by atoms with Crippen molar-refractivity contribution in [3.05, 3.63) is 52.3 Å². The van der Waals surface area contributed by atoms with Crippen molar-refractivity contribution < 1.29 is 9.18 Å². The van der Waals surface area contributed by atoms with Crippen LogP contribution in [0.1, 0.15) is 23.0 Å². The van der Waals surface area contributed by atoms with Crippen molar-refractivity contribution >= 4 is 21.8 Å². The Morgan fingerprint density at radius 3 is 3.11 bits per heavy atom. The zero-order valence-electron chi connectivity index (χ0n) is 10.2. The number of fused-ring (bicyclic) bond motifs is 1. The molecule has 1 atom stereocenters. The molecule has 1 aliphatic rings. The predicted molar refractivity (Wildman–Crippen MR) is 71.1 cm³/mol. The van der Waals surface area contributed by atoms with Gasteiger partial charge in [-0.3, -0.25) is 4.79 Å². The van der Waals surface area contributed by atoms with E-state index in [0.29, 0.717) is 17.8 Å². The SMILES string of the molecule is CC1(c2cc(Br)ccc2F)Cn2cncc2C(=O)N1. The minimum absolute atomic E-state index is 0.245. The smallest absolute Gasteiger partial charge is 0.270 e. The summed E-state index contributed by atoms with van der Waals surface area (Å²) in [7, 11) is 0. The van der Waals surface area contributed by atoms with E-state index in [9.17, 15) is 9.18 Å². The average molecular weight is 324 g/mol. The molecule has 1 amide bonds. The summed E-state index contributed by atoms with van der Waals surface area (Å²) in [6, 6.07) is 4.72. The number of rotatable bonds is 1. The van der Waals surface area contributed by atoms with Crippen molar-refractivity contribution in [2.24, 2.45) is 0 Å². The summed E-state index contributed by atoms with van der Waals surface area (Å²) < 4.78 is 16.5. The molecule has 0 saturated heterocycles.